The molecule has 228 valence electrons. The van der Waals surface area contributed by atoms with E-state index in [4.69, 9.17) is 9.47 Å². The van der Waals surface area contributed by atoms with Crippen molar-refractivity contribution < 1.29 is 34.1 Å². The number of nitrogens with zero attached hydrogens (tertiary/aromatic N) is 1. The molecule has 2 heterocycles. The van der Waals surface area contributed by atoms with E-state index < -0.39 is 23.7 Å². The van der Waals surface area contributed by atoms with Crippen molar-refractivity contribution >= 4 is 35.1 Å². The van der Waals surface area contributed by atoms with E-state index in [-0.39, 0.29) is 47.1 Å². The fourth-order valence-corrected chi connectivity index (χ4v) is 5.79. The number of aromatic hydroxyl groups is 2. The molecule has 1 amide bonds. The molecule has 1 aliphatic rings. The van der Waals surface area contributed by atoms with Gasteiger partial charge in [-0.2, -0.15) is 0 Å². The lowest BCUT2D eigenvalue weighted by molar-refractivity contribution is -0.121. The van der Waals surface area contributed by atoms with Crippen LogP contribution in [0.25, 0.3) is 6.08 Å². The molecule has 3 aromatic rings. The Balaban J connectivity index is 1.74. The summed E-state index contributed by atoms with van der Waals surface area (Å²) in [6.07, 6.45) is 6.09. The summed E-state index contributed by atoms with van der Waals surface area (Å²) in [7, 11) is 1.55. The van der Waals surface area contributed by atoms with Crippen molar-refractivity contribution in [3.63, 3.8) is 0 Å². The van der Waals surface area contributed by atoms with Crippen molar-refractivity contribution in [2.24, 2.45) is 0 Å². The highest BCUT2D eigenvalue weighted by molar-refractivity contribution is 7.09. The Kier molecular flexibility index (Phi) is 10.9. The molecule has 0 spiro atoms. The van der Waals surface area contributed by atoms with Gasteiger partial charge in [-0.15, -0.1) is 11.3 Å². The molecule has 1 unspecified atom stereocenters. The molecule has 43 heavy (non-hydrogen) atoms. The summed E-state index contributed by atoms with van der Waals surface area (Å²) in [5, 5.41) is 28.6. The number of fused-ring (bicyclic) bond motifs is 1. The van der Waals surface area contributed by atoms with Crippen molar-refractivity contribution in [1.82, 2.24) is 10.3 Å². The zero-order chi connectivity index (χ0) is 30.9. The molecule has 2 aromatic carbocycles. The molecule has 0 fully saturated rings. The number of carbonyl (C=O) groups excluding carboxylic acids is 3. The second kappa shape index (κ2) is 14.8. The van der Waals surface area contributed by atoms with Gasteiger partial charge >= 0.3 is 5.97 Å². The molecule has 2 atom stereocenters. The number of amides is 1. The summed E-state index contributed by atoms with van der Waals surface area (Å²) in [4.78, 5) is 43.2. The van der Waals surface area contributed by atoms with E-state index in [1.54, 1.807) is 44.4 Å². The number of benzene rings is 2. The third-order valence-electron chi connectivity index (χ3n) is 7.44. The van der Waals surface area contributed by atoms with Crippen LogP contribution in [0.5, 0.6) is 17.2 Å². The topological polar surface area (TPSA) is 135 Å². The maximum Gasteiger partial charge on any atom is 0.342 e. The Morgan fingerprint density at radius 3 is 2.63 bits per heavy atom. The fourth-order valence-electron chi connectivity index (χ4n) is 5.18. The average Bonchev–Trinajstić information content (AvgIpc) is 3.39. The number of aryl methyl sites for hydroxylation is 1. The van der Waals surface area contributed by atoms with Gasteiger partial charge in [-0.1, -0.05) is 24.3 Å². The number of phenolic OH excluding ortho intramolecular Hbond substituents is 2. The predicted molar refractivity (Wildman–Crippen MR) is 165 cm³/mol. The van der Waals surface area contributed by atoms with Crippen molar-refractivity contribution in [1.29, 1.82) is 0 Å². The van der Waals surface area contributed by atoms with E-state index in [1.165, 1.54) is 17.4 Å². The number of rotatable bonds is 7. The van der Waals surface area contributed by atoms with Crippen LogP contribution in [0.15, 0.2) is 41.8 Å². The van der Waals surface area contributed by atoms with Crippen molar-refractivity contribution in [3.05, 3.63) is 74.7 Å². The Bertz CT molecular complexity index is 1480. The molecule has 0 saturated carbocycles. The van der Waals surface area contributed by atoms with Gasteiger partial charge in [0, 0.05) is 36.1 Å². The number of thiazole rings is 1. The smallest absolute Gasteiger partial charge is 0.342 e. The maximum atomic E-state index is 13.5. The van der Waals surface area contributed by atoms with E-state index in [1.807, 2.05) is 18.4 Å². The molecule has 0 saturated heterocycles. The normalized spacial score (nSPS) is 17.0. The second-order valence-corrected chi connectivity index (χ2v) is 11.8. The number of esters is 1. The number of methoxy groups -OCH3 is 1. The van der Waals surface area contributed by atoms with Gasteiger partial charge in [0.1, 0.15) is 28.6 Å². The van der Waals surface area contributed by atoms with Crippen LogP contribution in [0.3, 0.4) is 0 Å². The van der Waals surface area contributed by atoms with E-state index in [2.05, 4.69) is 10.3 Å². The number of cyclic esters (lactones) is 1. The van der Waals surface area contributed by atoms with Crippen molar-refractivity contribution in [2.45, 2.75) is 77.4 Å². The molecular weight excluding hydrogens is 568 g/mol. The van der Waals surface area contributed by atoms with Crippen molar-refractivity contribution in [2.75, 3.05) is 7.11 Å². The average molecular weight is 607 g/mol. The van der Waals surface area contributed by atoms with Gasteiger partial charge in [0.25, 0.3) is 0 Å². The van der Waals surface area contributed by atoms with Gasteiger partial charge in [0.15, 0.2) is 0 Å². The lowest BCUT2D eigenvalue weighted by atomic mass is 9.84. The highest BCUT2D eigenvalue weighted by atomic mass is 32.1. The number of ketones is 1. The number of ether oxygens (including phenoxy) is 2. The van der Waals surface area contributed by atoms with Gasteiger partial charge in [0.2, 0.25) is 5.91 Å². The molecule has 0 aliphatic carbocycles. The van der Waals surface area contributed by atoms with Crippen LogP contribution in [0.4, 0.5) is 0 Å². The first-order valence-electron chi connectivity index (χ1n) is 14.5. The standard InChI is InChI=1S/C33H38N2O7S/c1-20-8-7-11-25(36)10-6-4-5-9-23-16-28(37)31(32(39)30(23)33(40)42-20)27(22-12-14-26(41-3)15-13-22)17-29(38)34-18-24-19-43-21(2)35-24/h5,9,12-16,19-20,27,37,39H,4,6-8,10-11,17-18H2,1-3H3,(H,34,38)/t20-,27?/m0/s1. The second-order valence-electron chi connectivity index (χ2n) is 10.7. The fraction of sp³-hybridized carbons (Fsp3) is 0.394. The zero-order valence-electron chi connectivity index (χ0n) is 24.7. The SMILES string of the molecule is COc1ccc(C(CC(=O)NCc2csc(C)n2)c2c(O)cc3c(c2O)C(=O)O[C@@H](C)CCCC(=O)CCCC=C3)cc1. The van der Waals surface area contributed by atoms with Crippen LogP contribution < -0.4 is 10.1 Å². The molecular formula is C33H38N2O7S. The Labute approximate surface area is 255 Å². The van der Waals surface area contributed by atoms with Crippen LogP contribution in [-0.2, 0) is 20.9 Å². The minimum Gasteiger partial charge on any atom is -0.507 e. The highest BCUT2D eigenvalue weighted by Gasteiger charge is 2.31. The van der Waals surface area contributed by atoms with Crippen LogP contribution in [0.2, 0.25) is 0 Å². The zero-order valence-corrected chi connectivity index (χ0v) is 25.5. The molecule has 4 rings (SSSR count). The summed E-state index contributed by atoms with van der Waals surface area (Å²) in [6, 6.07) is 8.39. The summed E-state index contributed by atoms with van der Waals surface area (Å²) >= 11 is 1.49. The van der Waals surface area contributed by atoms with Crippen LogP contribution >= 0.6 is 11.3 Å². The molecule has 0 radical (unpaired) electrons. The Morgan fingerprint density at radius 2 is 1.93 bits per heavy atom. The van der Waals surface area contributed by atoms with E-state index in [9.17, 15) is 24.6 Å². The predicted octanol–water partition coefficient (Wildman–Crippen LogP) is 6.19. The van der Waals surface area contributed by atoms with Crippen molar-refractivity contribution in [3.8, 4) is 17.2 Å². The number of carbonyl (C=O) groups is 3. The van der Waals surface area contributed by atoms with E-state index in [0.717, 1.165) is 10.7 Å². The van der Waals surface area contributed by atoms with E-state index >= 15 is 0 Å². The molecule has 3 N–H and O–H groups in total. The van der Waals surface area contributed by atoms with Gasteiger partial charge in [-0.3, -0.25) is 9.59 Å². The minimum atomic E-state index is -0.804. The highest BCUT2D eigenvalue weighted by Crippen LogP contribution is 2.44. The van der Waals surface area contributed by atoms with Gasteiger partial charge in [0.05, 0.1) is 30.5 Å². The minimum absolute atomic E-state index is 0.0493. The Hall–Kier alpha value is -4.18. The van der Waals surface area contributed by atoms with Crippen LogP contribution in [-0.4, -0.2) is 46.1 Å². The molecule has 10 heteroatoms. The summed E-state index contributed by atoms with van der Waals surface area (Å²) in [5.41, 5.74) is 1.63. The van der Waals surface area contributed by atoms with Gasteiger partial charge in [-0.25, -0.2) is 9.78 Å². The first kappa shape index (κ1) is 31.7. The lowest BCUT2D eigenvalue weighted by Crippen LogP contribution is -2.25. The third-order valence-corrected chi connectivity index (χ3v) is 8.26. The van der Waals surface area contributed by atoms with Crippen LogP contribution in [0, 0.1) is 6.92 Å². The van der Waals surface area contributed by atoms with E-state index in [0.29, 0.717) is 49.8 Å². The number of phenols is 2. The number of Topliss-reactive ketones (excluding diaryl/α,β-unsaturated/α-hetero) is 1. The quantitative estimate of drug-likeness (QED) is 0.271. The summed E-state index contributed by atoms with van der Waals surface area (Å²) in [5.74, 6) is -1.79. The Morgan fingerprint density at radius 1 is 1.19 bits per heavy atom. The molecule has 0 bridgehead atoms. The maximum absolute atomic E-state index is 13.5. The number of aromatic nitrogens is 1. The largest absolute Gasteiger partial charge is 0.507 e. The first-order valence-corrected chi connectivity index (χ1v) is 15.3. The van der Waals surface area contributed by atoms with Gasteiger partial charge in [-0.05, 0) is 68.9 Å². The van der Waals surface area contributed by atoms with Gasteiger partial charge < -0.3 is 25.0 Å². The first-order chi connectivity index (χ1) is 20.7. The lowest BCUT2D eigenvalue weighted by Gasteiger charge is -2.23. The number of hydrogen-bond acceptors (Lipinski definition) is 9. The third kappa shape index (κ3) is 8.44. The van der Waals surface area contributed by atoms with Crippen LogP contribution in [0.1, 0.15) is 95.5 Å². The summed E-state index contributed by atoms with van der Waals surface area (Å²) in [6.45, 7) is 3.87. The molecule has 1 aromatic heterocycles. The summed E-state index contributed by atoms with van der Waals surface area (Å²) < 4.78 is 11.0. The molecule has 9 nitrogen and oxygen atoms in total. The number of hydrogen-bond donors (Lipinski definition) is 3. The monoisotopic (exact) mass is 606 g/mol. The molecule has 1 aliphatic heterocycles. The number of nitrogens with one attached hydrogen (secondary N) is 1. The number of allylic oxidation sites excluding steroid dienone is 1.